The minimum Gasteiger partial charge on any atom is -0.374 e. The Balaban J connectivity index is 1.61. The number of hydrogen-bond donors (Lipinski definition) is 1. The largest absolute Gasteiger partial charge is 0.374 e. The fourth-order valence-electron chi connectivity index (χ4n) is 4.08. The molecule has 2 fully saturated rings. The second-order valence-electron chi connectivity index (χ2n) is 7.52. The van der Waals surface area contributed by atoms with Gasteiger partial charge in [0, 0.05) is 22.8 Å². The number of sulfonamides is 1. The second kappa shape index (κ2) is 8.75. The van der Waals surface area contributed by atoms with Gasteiger partial charge in [-0.2, -0.15) is 0 Å². The summed E-state index contributed by atoms with van der Waals surface area (Å²) in [6.07, 6.45) is 4.05. The molecule has 1 amide bonds. The van der Waals surface area contributed by atoms with Gasteiger partial charge in [-0.15, -0.1) is 0 Å². The fraction of sp³-hybridized carbons (Fsp3) is 0.381. The first-order valence-corrected chi connectivity index (χ1v) is 12.1. The Bertz CT molecular complexity index is 1040. The van der Waals surface area contributed by atoms with Gasteiger partial charge in [0.1, 0.15) is 4.90 Å². The number of benzene rings is 2. The molecular formula is C21H22Cl2N2O4S. The van der Waals surface area contributed by atoms with E-state index >= 15 is 0 Å². The van der Waals surface area contributed by atoms with E-state index < -0.39 is 10.0 Å². The van der Waals surface area contributed by atoms with Crippen molar-refractivity contribution in [3.63, 3.8) is 0 Å². The van der Waals surface area contributed by atoms with Crippen LogP contribution in [0.25, 0.3) is 0 Å². The van der Waals surface area contributed by atoms with E-state index in [1.165, 1.54) is 12.1 Å². The van der Waals surface area contributed by atoms with Crippen LogP contribution in [0.5, 0.6) is 0 Å². The number of rotatable bonds is 4. The highest BCUT2D eigenvalue weighted by Gasteiger charge is 2.37. The van der Waals surface area contributed by atoms with Crippen molar-refractivity contribution in [3.8, 4) is 0 Å². The van der Waals surface area contributed by atoms with Crippen LogP contribution < -0.4 is 4.72 Å². The SMILES string of the molecule is O=C(c1ccc(Cl)c(S(=O)(=O)Nc2ccc(Cl)cc2)c1)N1CCOC2CCCCC21. The molecule has 6 nitrogen and oxygen atoms in total. The molecule has 0 bridgehead atoms. The van der Waals surface area contributed by atoms with Gasteiger partial charge in [-0.05, 0) is 55.3 Å². The molecule has 4 rings (SSSR count). The second-order valence-corrected chi connectivity index (χ2v) is 10.0. The van der Waals surface area contributed by atoms with Crippen LogP contribution >= 0.6 is 23.2 Å². The Labute approximate surface area is 186 Å². The van der Waals surface area contributed by atoms with Gasteiger partial charge in [0.25, 0.3) is 15.9 Å². The van der Waals surface area contributed by atoms with Crippen LogP contribution in [0.15, 0.2) is 47.4 Å². The molecule has 30 heavy (non-hydrogen) atoms. The summed E-state index contributed by atoms with van der Waals surface area (Å²) in [5.74, 6) is -0.199. The average Bonchev–Trinajstić information content (AvgIpc) is 2.74. The zero-order chi connectivity index (χ0) is 21.3. The van der Waals surface area contributed by atoms with E-state index in [1.807, 2.05) is 4.90 Å². The molecule has 0 spiro atoms. The topological polar surface area (TPSA) is 75.7 Å². The number of halogens is 2. The average molecular weight is 469 g/mol. The number of carbonyl (C=O) groups is 1. The number of hydrogen-bond acceptors (Lipinski definition) is 4. The lowest BCUT2D eigenvalue weighted by molar-refractivity contribution is -0.0752. The molecule has 2 atom stereocenters. The first kappa shape index (κ1) is 21.4. The van der Waals surface area contributed by atoms with Crippen molar-refractivity contribution in [1.29, 1.82) is 0 Å². The van der Waals surface area contributed by atoms with E-state index in [4.69, 9.17) is 27.9 Å². The summed E-state index contributed by atoms with van der Waals surface area (Å²) in [6.45, 7) is 0.984. The molecule has 1 saturated carbocycles. The molecule has 9 heteroatoms. The predicted octanol–water partition coefficient (Wildman–Crippen LogP) is 4.58. The Hall–Kier alpha value is -1.80. The van der Waals surface area contributed by atoms with Gasteiger partial charge in [0.2, 0.25) is 0 Å². The van der Waals surface area contributed by atoms with Gasteiger partial charge >= 0.3 is 0 Å². The van der Waals surface area contributed by atoms with Gasteiger partial charge in [-0.25, -0.2) is 8.42 Å². The minimum atomic E-state index is -3.99. The number of morpholine rings is 1. The van der Waals surface area contributed by atoms with E-state index in [0.717, 1.165) is 25.7 Å². The Morgan fingerprint density at radius 2 is 1.80 bits per heavy atom. The first-order valence-electron chi connectivity index (χ1n) is 9.86. The van der Waals surface area contributed by atoms with Gasteiger partial charge in [0.05, 0.1) is 23.8 Å². The molecule has 0 radical (unpaired) electrons. The molecule has 1 N–H and O–H groups in total. The van der Waals surface area contributed by atoms with Crippen LogP contribution in [-0.4, -0.2) is 44.5 Å². The molecule has 0 aromatic heterocycles. The quantitative estimate of drug-likeness (QED) is 0.712. The van der Waals surface area contributed by atoms with Crippen LogP contribution in [0, 0.1) is 0 Å². The number of carbonyl (C=O) groups excluding carboxylic acids is 1. The number of nitrogens with zero attached hydrogens (tertiary/aromatic N) is 1. The molecule has 1 aliphatic heterocycles. The lowest BCUT2D eigenvalue weighted by Crippen LogP contribution is -2.54. The maximum atomic E-state index is 13.2. The summed E-state index contributed by atoms with van der Waals surface area (Å²) < 4.78 is 34.1. The van der Waals surface area contributed by atoms with Crippen molar-refractivity contribution < 1.29 is 17.9 Å². The predicted molar refractivity (Wildman–Crippen MR) is 117 cm³/mol. The summed E-state index contributed by atoms with van der Waals surface area (Å²) in [5, 5.41) is 0.542. The van der Waals surface area contributed by atoms with Crippen LogP contribution in [0.4, 0.5) is 5.69 Å². The summed E-state index contributed by atoms with van der Waals surface area (Å²) in [6, 6.07) is 10.7. The zero-order valence-electron chi connectivity index (χ0n) is 16.2. The van der Waals surface area contributed by atoms with Crippen LogP contribution in [0.2, 0.25) is 10.0 Å². The van der Waals surface area contributed by atoms with Crippen molar-refractivity contribution in [2.24, 2.45) is 0 Å². The van der Waals surface area contributed by atoms with Crippen molar-refractivity contribution in [2.75, 3.05) is 17.9 Å². The van der Waals surface area contributed by atoms with Gasteiger partial charge in [-0.1, -0.05) is 36.0 Å². The summed E-state index contributed by atoms with van der Waals surface area (Å²) in [4.78, 5) is 14.9. The smallest absolute Gasteiger partial charge is 0.263 e. The van der Waals surface area contributed by atoms with Gasteiger partial charge in [0.15, 0.2) is 0 Å². The van der Waals surface area contributed by atoms with E-state index in [0.29, 0.717) is 29.4 Å². The highest BCUT2D eigenvalue weighted by atomic mass is 35.5. The maximum Gasteiger partial charge on any atom is 0.263 e. The lowest BCUT2D eigenvalue weighted by atomic mass is 9.89. The van der Waals surface area contributed by atoms with Crippen molar-refractivity contribution >= 4 is 44.8 Å². The van der Waals surface area contributed by atoms with E-state index in [1.54, 1.807) is 30.3 Å². The molecule has 160 valence electrons. The zero-order valence-corrected chi connectivity index (χ0v) is 18.5. The number of ether oxygens (including phenoxy) is 1. The molecule has 2 unspecified atom stereocenters. The number of anilines is 1. The number of amides is 1. The summed E-state index contributed by atoms with van der Waals surface area (Å²) in [5.41, 5.74) is 0.646. The van der Waals surface area contributed by atoms with E-state index in [-0.39, 0.29) is 28.0 Å². The normalized spacial score (nSPS) is 21.7. The molecule has 1 aliphatic carbocycles. The van der Waals surface area contributed by atoms with Gasteiger partial charge < -0.3 is 9.64 Å². The molecule has 2 aromatic rings. The number of nitrogens with one attached hydrogen (secondary N) is 1. The van der Waals surface area contributed by atoms with Crippen LogP contribution in [0.1, 0.15) is 36.0 Å². The van der Waals surface area contributed by atoms with Gasteiger partial charge in [-0.3, -0.25) is 9.52 Å². The Kier molecular flexibility index (Phi) is 6.25. The fourth-order valence-corrected chi connectivity index (χ4v) is 5.80. The third-order valence-corrected chi connectivity index (χ3v) is 7.67. The summed E-state index contributed by atoms with van der Waals surface area (Å²) in [7, 11) is -3.99. The standard InChI is InChI=1S/C21H22Cl2N2O4S/c22-15-6-8-16(9-7-15)24-30(27,28)20-13-14(5-10-17(20)23)21(26)25-11-12-29-19-4-2-1-3-18(19)25/h5-10,13,18-19,24H,1-4,11-12H2. The highest BCUT2D eigenvalue weighted by molar-refractivity contribution is 7.92. The monoisotopic (exact) mass is 468 g/mol. The third kappa shape index (κ3) is 4.44. The van der Waals surface area contributed by atoms with Crippen LogP contribution in [0.3, 0.4) is 0 Å². The van der Waals surface area contributed by atoms with E-state index in [2.05, 4.69) is 4.72 Å². The molecule has 2 aromatic carbocycles. The molecule has 2 aliphatic rings. The highest BCUT2D eigenvalue weighted by Crippen LogP contribution is 2.31. The van der Waals surface area contributed by atoms with E-state index in [9.17, 15) is 13.2 Å². The Morgan fingerprint density at radius 1 is 1.07 bits per heavy atom. The maximum absolute atomic E-state index is 13.2. The lowest BCUT2D eigenvalue weighted by Gasteiger charge is -2.43. The molecule has 1 heterocycles. The van der Waals surface area contributed by atoms with Crippen molar-refractivity contribution in [2.45, 2.75) is 42.7 Å². The van der Waals surface area contributed by atoms with Crippen molar-refractivity contribution in [3.05, 3.63) is 58.1 Å². The molecular weight excluding hydrogens is 447 g/mol. The first-order chi connectivity index (χ1) is 14.3. The Morgan fingerprint density at radius 3 is 2.57 bits per heavy atom. The number of fused-ring (bicyclic) bond motifs is 1. The molecule has 1 saturated heterocycles. The summed E-state index contributed by atoms with van der Waals surface area (Å²) >= 11 is 12.0. The third-order valence-electron chi connectivity index (χ3n) is 5.56. The van der Waals surface area contributed by atoms with Crippen molar-refractivity contribution in [1.82, 2.24) is 4.90 Å². The van der Waals surface area contributed by atoms with Crippen LogP contribution in [-0.2, 0) is 14.8 Å². The minimum absolute atomic E-state index is 0.0305.